The molecule has 0 spiro atoms. The van der Waals surface area contributed by atoms with Gasteiger partial charge in [-0.05, 0) is 44.9 Å². The third kappa shape index (κ3) is 22.5. The number of carboxylic acids is 1. The van der Waals surface area contributed by atoms with Crippen LogP contribution in [0.1, 0.15) is 77.6 Å². The van der Waals surface area contributed by atoms with Gasteiger partial charge in [0.1, 0.15) is 6.54 Å². The summed E-state index contributed by atoms with van der Waals surface area (Å²) in [4.78, 5) is 23.0. The first-order chi connectivity index (χ1) is 15.2. The third-order valence-corrected chi connectivity index (χ3v) is 4.67. The van der Waals surface area contributed by atoms with Crippen molar-refractivity contribution in [1.82, 2.24) is 0 Å². The summed E-state index contributed by atoms with van der Waals surface area (Å²) in [6.07, 6.45) is 26.4. The molecule has 0 aliphatic carbocycles. The van der Waals surface area contributed by atoms with Gasteiger partial charge in [0.15, 0.2) is 6.10 Å². The van der Waals surface area contributed by atoms with Gasteiger partial charge in [0.2, 0.25) is 0 Å². The molecule has 1 atom stereocenters. The summed E-state index contributed by atoms with van der Waals surface area (Å²) in [5.74, 6) is -1.23. The molecule has 0 radical (unpaired) electrons. The van der Waals surface area contributed by atoms with Gasteiger partial charge < -0.3 is 14.3 Å². The number of aliphatic carboxylic acids is 1. The summed E-state index contributed by atoms with van der Waals surface area (Å²) in [6, 6.07) is 0. The highest BCUT2D eigenvalue weighted by molar-refractivity contribution is 5.71. The van der Waals surface area contributed by atoms with E-state index in [2.05, 4.69) is 55.5 Å². The maximum atomic E-state index is 12.0. The Balaban J connectivity index is 3.76. The molecule has 0 bridgehead atoms. The van der Waals surface area contributed by atoms with Gasteiger partial charge in [-0.2, -0.15) is 0 Å². The molecular formula is C27H46NO4+. The van der Waals surface area contributed by atoms with Gasteiger partial charge in [0.05, 0.1) is 27.6 Å². The molecule has 32 heavy (non-hydrogen) atoms. The van der Waals surface area contributed by atoms with Crippen LogP contribution in [-0.4, -0.2) is 55.3 Å². The molecule has 0 aromatic carbocycles. The number of hydrogen-bond acceptors (Lipinski definition) is 3. The number of quaternary nitrogens is 1. The minimum atomic E-state index is -0.938. The number of rotatable bonds is 19. The molecule has 0 rings (SSSR count). The number of likely N-dealkylation sites (N-methyl/N-ethyl adjacent to an activating group) is 1. The fourth-order valence-electron chi connectivity index (χ4n) is 3.18. The van der Waals surface area contributed by atoms with E-state index in [4.69, 9.17) is 9.84 Å². The lowest BCUT2D eigenvalue weighted by Gasteiger charge is -2.28. The fourth-order valence-corrected chi connectivity index (χ4v) is 3.18. The van der Waals surface area contributed by atoms with Crippen molar-refractivity contribution in [2.45, 2.75) is 83.7 Å². The highest BCUT2D eigenvalue weighted by Crippen LogP contribution is 2.10. The third-order valence-electron chi connectivity index (χ3n) is 4.67. The number of ether oxygens (including phenoxy) is 1. The van der Waals surface area contributed by atoms with Crippen LogP contribution >= 0.6 is 0 Å². The fraction of sp³-hybridized carbons (Fsp3) is 0.630. The first-order valence-corrected chi connectivity index (χ1v) is 12.1. The van der Waals surface area contributed by atoms with Crippen molar-refractivity contribution < 1.29 is 23.9 Å². The second kappa shape index (κ2) is 19.5. The Hall–Kier alpha value is -2.14. The zero-order valence-electron chi connectivity index (χ0n) is 20.8. The van der Waals surface area contributed by atoms with Crippen LogP contribution in [0, 0.1) is 0 Å². The first-order valence-electron chi connectivity index (χ1n) is 12.1. The van der Waals surface area contributed by atoms with Crippen LogP contribution in [0.25, 0.3) is 0 Å². The quantitative estimate of drug-likeness (QED) is 0.110. The number of carbonyl (C=O) groups excluding carboxylic acids is 1. The zero-order chi connectivity index (χ0) is 24.1. The summed E-state index contributed by atoms with van der Waals surface area (Å²) in [5, 5.41) is 9.01. The summed E-state index contributed by atoms with van der Waals surface area (Å²) in [7, 11) is 5.87. The number of unbranched alkanes of at least 4 members (excludes halogenated alkanes) is 4. The predicted octanol–water partition coefficient (Wildman–Crippen LogP) is 6.22. The van der Waals surface area contributed by atoms with E-state index in [0.29, 0.717) is 17.4 Å². The van der Waals surface area contributed by atoms with Crippen molar-refractivity contribution in [2.75, 3.05) is 27.7 Å². The van der Waals surface area contributed by atoms with E-state index in [-0.39, 0.29) is 12.4 Å². The number of carboxylic acid groups (broad SMARTS) is 1. The molecule has 0 aromatic rings. The second-order valence-electron chi connectivity index (χ2n) is 9.14. The number of esters is 1. The zero-order valence-corrected chi connectivity index (χ0v) is 20.8. The van der Waals surface area contributed by atoms with Crippen LogP contribution in [0.5, 0.6) is 0 Å². The molecule has 1 N–H and O–H groups in total. The van der Waals surface area contributed by atoms with Gasteiger partial charge >= 0.3 is 11.9 Å². The van der Waals surface area contributed by atoms with Crippen molar-refractivity contribution in [3.05, 3.63) is 48.6 Å². The lowest BCUT2D eigenvalue weighted by molar-refractivity contribution is -0.873. The van der Waals surface area contributed by atoms with Gasteiger partial charge in [-0.15, -0.1) is 0 Å². The maximum Gasteiger partial charge on any atom is 0.307 e. The van der Waals surface area contributed by atoms with E-state index in [1.165, 1.54) is 0 Å². The highest BCUT2D eigenvalue weighted by atomic mass is 16.5. The van der Waals surface area contributed by atoms with Crippen molar-refractivity contribution in [1.29, 1.82) is 0 Å². The summed E-state index contributed by atoms with van der Waals surface area (Å²) < 4.78 is 5.96. The molecule has 0 amide bonds. The van der Waals surface area contributed by atoms with E-state index in [1.54, 1.807) is 0 Å². The average molecular weight is 449 g/mol. The van der Waals surface area contributed by atoms with Gasteiger partial charge in [-0.3, -0.25) is 9.59 Å². The van der Waals surface area contributed by atoms with Crippen LogP contribution in [0.15, 0.2) is 48.6 Å². The highest BCUT2D eigenvalue weighted by Gasteiger charge is 2.24. The summed E-state index contributed by atoms with van der Waals surface area (Å²) >= 11 is 0. The van der Waals surface area contributed by atoms with E-state index in [0.717, 1.165) is 57.8 Å². The largest absolute Gasteiger partial charge is 0.481 e. The Morgan fingerprint density at radius 2 is 1.34 bits per heavy atom. The van der Waals surface area contributed by atoms with Crippen LogP contribution in [0.2, 0.25) is 0 Å². The summed E-state index contributed by atoms with van der Waals surface area (Å²) in [6.45, 7) is 2.64. The molecule has 0 saturated heterocycles. The number of allylic oxidation sites excluding steroid dienone is 8. The molecule has 0 unspecified atom stereocenters. The molecular weight excluding hydrogens is 402 g/mol. The molecule has 5 heteroatoms. The molecule has 0 aromatic heterocycles. The Morgan fingerprint density at radius 1 is 0.812 bits per heavy atom. The Labute approximate surface area is 196 Å². The Kier molecular flexibility index (Phi) is 18.2. The monoisotopic (exact) mass is 448 g/mol. The molecule has 182 valence electrons. The van der Waals surface area contributed by atoms with Crippen molar-refractivity contribution in [3.63, 3.8) is 0 Å². The van der Waals surface area contributed by atoms with E-state index in [1.807, 2.05) is 21.1 Å². The minimum absolute atomic E-state index is 0.143. The van der Waals surface area contributed by atoms with E-state index in [9.17, 15) is 9.59 Å². The molecule has 0 aliphatic rings. The SMILES string of the molecule is CC/C=C\C/C=C\C/C=C\C/C=C\CCCCCCC(=O)O[C@H](CC(=O)O)C[N+](C)(C)C. The summed E-state index contributed by atoms with van der Waals surface area (Å²) in [5.41, 5.74) is 0. The normalized spacial score (nSPS) is 13.6. The molecule has 0 saturated carbocycles. The van der Waals surface area contributed by atoms with Crippen molar-refractivity contribution in [3.8, 4) is 0 Å². The predicted molar refractivity (Wildman–Crippen MR) is 133 cm³/mol. The lowest BCUT2D eigenvalue weighted by atomic mass is 10.1. The Bertz CT molecular complexity index is 612. The topological polar surface area (TPSA) is 63.6 Å². The number of carbonyl (C=O) groups is 2. The van der Waals surface area contributed by atoms with Crippen LogP contribution < -0.4 is 0 Å². The Morgan fingerprint density at radius 3 is 1.88 bits per heavy atom. The van der Waals surface area contributed by atoms with E-state index >= 15 is 0 Å². The molecule has 0 heterocycles. The maximum absolute atomic E-state index is 12.0. The average Bonchev–Trinajstić information content (AvgIpc) is 2.68. The lowest BCUT2D eigenvalue weighted by Crippen LogP contribution is -2.43. The van der Waals surface area contributed by atoms with Crippen LogP contribution in [-0.2, 0) is 14.3 Å². The number of nitrogens with zero attached hydrogens (tertiary/aromatic N) is 1. The van der Waals surface area contributed by atoms with Crippen LogP contribution in [0.4, 0.5) is 0 Å². The van der Waals surface area contributed by atoms with Gasteiger partial charge in [0.25, 0.3) is 0 Å². The van der Waals surface area contributed by atoms with E-state index < -0.39 is 12.1 Å². The second-order valence-corrected chi connectivity index (χ2v) is 9.14. The number of hydrogen-bond donors (Lipinski definition) is 1. The smallest absolute Gasteiger partial charge is 0.307 e. The standard InChI is InChI=1S/C27H45NO4/c1-5-6-7-8-9-10-11-12-13-14-15-16-17-18-19-20-21-22-27(31)32-25(23-26(29)30)24-28(2,3)4/h6-7,9-10,12-13,15-16,25H,5,8,11,14,17-24H2,1-4H3/p+1/b7-6-,10-9-,13-12-,16-15-/t25-/m1/s1. The first kappa shape index (κ1) is 29.9. The molecule has 0 fully saturated rings. The van der Waals surface area contributed by atoms with Crippen molar-refractivity contribution in [2.24, 2.45) is 0 Å². The molecule has 0 aliphatic heterocycles. The van der Waals surface area contributed by atoms with Gasteiger partial charge in [-0.1, -0.05) is 68.4 Å². The minimum Gasteiger partial charge on any atom is -0.481 e. The van der Waals surface area contributed by atoms with Gasteiger partial charge in [0, 0.05) is 6.42 Å². The van der Waals surface area contributed by atoms with Crippen LogP contribution in [0.3, 0.4) is 0 Å². The molecule has 5 nitrogen and oxygen atoms in total. The van der Waals surface area contributed by atoms with Gasteiger partial charge in [-0.25, -0.2) is 0 Å². The van der Waals surface area contributed by atoms with Crippen molar-refractivity contribution >= 4 is 11.9 Å².